The monoisotopic (exact) mass is 480 g/mol. The summed E-state index contributed by atoms with van der Waals surface area (Å²) in [6, 6.07) is 13.6. The van der Waals surface area contributed by atoms with Gasteiger partial charge in [-0.1, -0.05) is 43.7 Å². The average molecular weight is 481 g/mol. The lowest BCUT2D eigenvalue weighted by atomic mass is 9.77. The second-order valence-electron chi connectivity index (χ2n) is 9.43. The van der Waals surface area contributed by atoms with Gasteiger partial charge >= 0.3 is 5.97 Å². The van der Waals surface area contributed by atoms with E-state index in [1.165, 1.54) is 24.3 Å². The van der Waals surface area contributed by atoms with E-state index in [1.54, 1.807) is 24.3 Å². The van der Waals surface area contributed by atoms with E-state index in [2.05, 4.69) is 6.92 Å². The van der Waals surface area contributed by atoms with Crippen molar-refractivity contribution < 1.29 is 27.4 Å². The number of esters is 1. The molecule has 1 heterocycles. The van der Waals surface area contributed by atoms with Crippen LogP contribution in [0.1, 0.15) is 72.5 Å². The van der Waals surface area contributed by atoms with Crippen LogP contribution >= 0.6 is 0 Å². The molecular formula is C29H27F3O3. The second kappa shape index (κ2) is 9.86. The quantitative estimate of drug-likeness (QED) is 0.206. The minimum absolute atomic E-state index is 0.0545. The Morgan fingerprint density at radius 2 is 1.60 bits per heavy atom. The molecule has 1 unspecified atom stereocenters. The van der Waals surface area contributed by atoms with Crippen LogP contribution in [0, 0.1) is 23.4 Å². The molecule has 5 rings (SSSR count). The van der Waals surface area contributed by atoms with Gasteiger partial charge < -0.3 is 9.47 Å². The molecule has 0 bridgehead atoms. The summed E-state index contributed by atoms with van der Waals surface area (Å²) < 4.78 is 54.6. The summed E-state index contributed by atoms with van der Waals surface area (Å²) in [6.07, 6.45) is 4.76. The molecule has 0 spiro atoms. The average Bonchev–Trinajstić information content (AvgIpc) is 3.72. The molecule has 1 saturated heterocycles. The molecule has 0 radical (unpaired) electrons. The van der Waals surface area contributed by atoms with Crippen molar-refractivity contribution in [3.05, 3.63) is 88.7 Å². The van der Waals surface area contributed by atoms with E-state index in [1.807, 2.05) is 0 Å². The van der Waals surface area contributed by atoms with Crippen LogP contribution in [-0.2, 0) is 4.74 Å². The number of hydrogen-bond donors (Lipinski definition) is 0. The first kappa shape index (κ1) is 23.6. The Balaban J connectivity index is 1.28. The zero-order chi connectivity index (χ0) is 24.5. The number of benzene rings is 3. The molecule has 6 heteroatoms. The molecule has 0 amide bonds. The van der Waals surface area contributed by atoms with E-state index < -0.39 is 23.4 Å². The molecule has 35 heavy (non-hydrogen) atoms. The molecule has 1 aliphatic heterocycles. The second-order valence-corrected chi connectivity index (χ2v) is 9.43. The fourth-order valence-electron chi connectivity index (χ4n) is 5.00. The number of carbonyl (C=O) groups excluding carboxylic acids is 1. The Morgan fingerprint density at radius 3 is 2.23 bits per heavy atom. The molecule has 3 nitrogen and oxygen atoms in total. The number of halogens is 3. The lowest BCUT2D eigenvalue weighted by Gasteiger charge is -2.28. The van der Waals surface area contributed by atoms with Crippen LogP contribution in [-0.4, -0.2) is 12.6 Å². The molecule has 2 fully saturated rings. The Labute approximate surface area is 202 Å². The minimum atomic E-state index is -0.861. The zero-order valence-electron chi connectivity index (χ0n) is 19.5. The third kappa shape index (κ3) is 4.98. The van der Waals surface area contributed by atoms with Crippen molar-refractivity contribution in [1.29, 1.82) is 0 Å². The van der Waals surface area contributed by atoms with Gasteiger partial charge in [0.2, 0.25) is 0 Å². The molecule has 182 valence electrons. The van der Waals surface area contributed by atoms with Crippen LogP contribution in [0.25, 0.3) is 11.1 Å². The van der Waals surface area contributed by atoms with Crippen LogP contribution in [0.4, 0.5) is 13.2 Å². The lowest BCUT2D eigenvalue weighted by molar-refractivity contribution is 0.0734. The highest BCUT2D eigenvalue weighted by molar-refractivity contribution is 5.91. The standard InChI is InChI=1S/C29H27F3O3/c1-2-17-3-5-18(6-4-17)22-13-14-23(28(32)27(22)31)19-7-10-21(11-8-19)35-29(33)20-9-12-24(25(30)15-20)26-16-34-26/h7-15,17-18,26H,2-6,16H2,1H3. The van der Waals surface area contributed by atoms with Crippen molar-refractivity contribution in [1.82, 2.24) is 0 Å². The van der Waals surface area contributed by atoms with Crippen molar-refractivity contribution in [3.8, 4) is 16.9 Å². The number of carbonyl (C=O) groups is 1. The fraction of sp³-hybridized carbons (Fsp3) is 0.345. The number of epoxide rings is 1. The Hall–Kier alpha value is -3.12. The fourth-order valence-corrected chi connectivity index (χ4v) is 5.00. The van der Waals surface area contributed by atoms with Crippen molar-refractivity contribution in [3.63, 3.8) is 0 Å². The number of hydrogen-bond acceptors (Lipinski definition) is 3. The van der Waals surface area contributed by atoms with E-state index >= 15 is 4.39 Å². The first-order valence-corrected chi connectivity index (χ1v) is 12.2. The zero-order valence-corrected chi connectivity index (χ0v) is 19.5. The summed E-state index contributed by atoms with van der Waals surface area (Å²) in [5.74, 6) is -1.91. The Bertz CT molecular complexity index is 1230. The Kier molecular flexibility index (Phi) is 6.65. The molecule has 3 aromatic rings. The molecule has 1 aliphatic carbocycles. The first-order valence-electron chi connectivity index (χ1n) is 12.2. The highest BCUT2D eigenvalue weighted by Crippen LogP contribution is 2.40. The summed E-state index contributed by atoms with van der Waals surface area (Å²) in [6.45, 7) is 2.65. The Morgan fingerprint density at radius 1 is 0.914 bits per heavy atom. The largest absolute Gasteiger partial charge is 0.423 e. The van der Waals surface area contributed by atoms with Gasteiger partial charge in [0.05, 0.1) is 12.2 Å². The molecule has 1 saturated carbocycles. The molecular weight excluding hydrogens is 453 g/mol. The van der Waals surface area contributed by atoms with E-state index in [0.717, 1.165) is 38.2 Å². The highest BCUT2D eigenvalue weighted by Gasteiger charge is 2.29. The van der Waals surface area contributed by atoms with Gasteiger partial charge in [0, 0.05) is 11.1 Å². The maximum atomic E-state index is 15.0. The lowest BCUT2D eigenvalue weighted by Crippen LogP contribution is -2.14. The van der Waals surface area contributed by atoms with Crippen molar-refractivity contribution in [2.75, 3.05) is 6.61 Å². The van der Waals surface area contributed by atoms with Gasteiger partial charge in [-0.05, 0) is 72.9 Å². The molecule has 3 aromatic carbocycles. The van der Waals surface area contributed by atoms with Gasteiger partial charge in [0.1, 0.15) is 17.7 Å². The van der Waals surface area contributed by atoms with E-state index in [-0.39, 0.29) is 28.9 Å². The van der Waals surface area contributed by atoms with Gasteiger partial charge in [-0.25, -0.2) is 18.0 Å². The van der Waals surface area contributed by atoms with Gasteiger partial charge in [0.25, 0.3) is 0 Å². The third-order valence-electron chi connectivity index (χ3n) is 7.27. The topological polar surface area (TPSA) is 38.8 Å². The van der Waals surface area contributed by atoms with E-state index in [0.29, 0.717) is 29.2 Å². The summed E-state index contributed by atoms with van der Waals surface area (Å²) in [5.41, 5.74) is 1.58. The molecule has 1 atom stereocenters. The van der Waals surface area contributed by atoms with Crippen LogP contribution in [0.5, 0.6) is 5.75 Å². The summed E-state index contributed by atoms with van der Waals surface area (Å²) in [4.78, 5) is 12.4. The van der Waals surface area contributed by atoms with Crippen LogP contribution in [0.2, 0.25) is 0 Å². The van der Waals surface area contributed by atoms with Crippen molar-refractivity contribution >= 4 is 5.97 Å². The normalized spacial score (nSPS) is 21.5. The molecule has 0 N–H and O–H groups in total. The van der Waals surface area contributed by atoms with E-state index in [4.69, 9.17) is 9.47 Å². The summed E-state index contributed by atoms with van der Waals surface area (Å²) in [5, 5.41) is 0. The van der Waals surface area contributed by atoms with Gasteiger partial charge in [-0.2, -0.15) is 0 Å². The van der Waals surface area contributed by atoms with Crippen LogP contribution in [0.15, 0.2) is 54.6 Å². The van der Waals surface area contributed by atoms with Crippen LogP contribution < -0.4 is 4.74 Å². The van der Waals surface area contributed by atoms with Gasteiger partial charge in [0.15, 0.2) is 11.6 Å². The molecule has 2 aliphatic rings. The number of rotatable bonds is 6. The van der Waals surface area contributed by atoms with Gasteiger partial charge in [-0.3, -0.25) is 0 Å². The molecule has 0 aromatic heterocycles. The first-order chi connectivity index (χ1) is 16.9. The highest BCUT2D eigenvalue weighted by atomic mass is 19.2. The predicted octanol–water partition coefficient (Wildman–Crippen LogP) is 7.75. The number of ether oxygens (including phenoxy) is 2. The van der Waals surface area contributed by atoms with Gasteiger partial charge in [-0.15, -0.1) is 0 Å². The maximum Gasteiger partial charge on any atom is 0.343 e. The van der Waals surface area contributed by atoms with Crippen molar-refractivity contribution in [2.24, 2.45) is 5.92 Å². The third-order valence-corrected chi connectivity index (χ3v) is 7.27. The predicted molar refractivity (Wildman–Crippen MR) is 127 cm³/mol. The van der Waals surface area contributed by atoms with E-state index in [9.17, 15) is 13.6 Å². The van der Waals surface area contributed by atoms with Crippen molar-refractivity contribution in [2.45, 2.75) is 51.0 Å². The minimum Gasteiger partial charge on any atom is -0.423 e. The smallest absolute Gasteiger partial charge is 0.343 e. The summed E-state index contributed by atoms with van der Waals surface area (Å²) >= 11 is 0. The SMILES string of the molecule is CCC1CCC(c2ccc(-c3ccc(OC(=O)c4ccc(C5CO5)c(F)c4)cc3)c(F)c2F)CC1. The summed E-state index contributed by atoms with van der Waals surface area (Å²) in [7, 11) is 0. The maximum absolute atomic E-state index is 15.0. The van der Waals surface area contributed by atoms with Crippen LogP contribution in [0.3, 0.4) is 0 Å².